The third-order valence-electron chi connectivity index (χ3n) is 2.22. The second-order valence-electron chi connectivity index (χ2n) is 3.52. The molecule has 86 valence electrons. The summed E-state index contributed by atoms with van der Waals surface area (Å²) in [6.45, 7) is 0. The van der Waals surface area contributed by atoms with Crippen LogP contribution in [0.5, 0.6) is 5.75 Å². The first-order valence-corrected chi connectivity index (χ1v) is 5.02. The van der Waals surface area contributed by atoms with Gasteiger partial charge >= 0.3 is 0 Å². The van der Waals surface area contributed by atoms with Gasteiger partial charge in [0.1, 0.15) is 5.75 Å². The largest absolute Gasteiger partial charge is 0.508 e. The summed E-state index contributed by atoms with van der Waals surface area (Å²) < 4.78 is 5.02. The third-order valence-corrected chi connectivity index (χ3v) is 2.22. The van der Waals surface area contributed by atoms with Gasteiger partial charge in [-0.15, -0.1) is 12.3 Å². The van der Waals surface area contributed by atoms with Crippen molar-refractivity contribution in [3.8, 4) is 29.5 Å². The molecule has 2 rings (SSSR count). The number of terminal acetylenes is 1. The minimum atomic E-state index is -0.446. The minimum Gasteiger partial charge on any atom is -0.508 e. The Balaban J connectivity index is 2.24. The van der Waals surface area contributed by atoms with Crippen LogP contribution in [0.25, 0.3) is 11.4 Å². The van der Waals surface area contributed by atoms with Gasteiger partial charge in [0, 0.05) is 12.0 Å². The van der Waals surface area contributed by atoms with Crippen molar-refractivity contribution in [3.05, 3.63) is 30.2 Å². The van der Waals surface area contributed by atoms with Crippen molar-refractivity contribution in [2.24, 2.45) is 5.73 Å². The molecule has 0 aliphatic heterocycles. The lowest BCUT2D eigenvalue weighted by Crippen LogP contribution is -2.09. The van der Waals surface area contributed by atoms with E-state index in [4.69, 9.17) is 21.8 Å². The van der Waals surface area contributed by atoms with Gasteiger partial charge in [0.15, 0.2) is 0 Å². The molecular weight excluding hydrogens is 218 g/mol. The van der Waals surface area contributed by atoms with Crippen LogP contribution in [0.2, 0.25) is 0 Å². The fraction of sp³-hybridized carbons (Fsp3) is 0.167. The second-order valence-corrected chi connectivity index (χ2v) is 3.52. The number of hydrogen-bond donors (Lipinski definition) is 2. The van der Waals surface area contributed by atoms with Gasteiger partial charge in [-0.3, -0.25) is 0 Å². The number of benzene rings is 1. The Morgan fingerprint density at radius 2 is 2.12 bits per heavy atom. The van der Waals surface area contributed by atoms with Crippen LogP contribution in [0.1, 0.15) is 18.4 Å². The Labute approximate surface area is 98.3 Å². The van der Waals surface area contributed by atoms with Crippen molar-refractivity contribution < 1.29 is 9.63 Å². The molecule has 17 heavy (non-hydrogen) atoms. The summed E-state index contributed by atoms with van der Waals surface area (Å²) in [5.74, 6) is 3.35. The van der Waals surface area contributed by atoms with E-state index in [1.807, 2.05) is 0 Å². The summed E-state index contributed by atoms with van der Waals surface area (Å²) >= 11 is 0. The Hall–Kier alpha value is -2.32. The number of aromatic nitrogens is 2. The monoisotopic (exact) mass is 229 g/mol. The lowest BCUT2D eigenvalue weighted by Gasteiger charge is -1.98. The number of nitrogens with zero attached hydrogens (tertiary/aromatic N) is 2. The van der Waals surface area contributed by atoms with E-state index in [1.54, 1.807) is 24.3 Å². The summed E-state index contributed by atoms with van der Waals surface area (Å²) in [4.78, 5) is 4.15. The normalized spacial score (nSPS) is 12.0. The number of aromatic hydroxyl groups is 1. The zero-order valence-corrected chi connectivity index (χ0v) is 9.00. The van der Waals surface area contributed by atoms with Crippen LogP contribution < -0.4 is 5.73 Å². The van der Waals surface area contributed by atoms with E-state index in [9.17, 15) is 0 Å². The SMILES string of the molecule is C#CCC(N)c1nc(-c2ccc(O)cc2)no1. The van der Waals surface area contributed by atoms with Gasteiger partial charge in [0.2, 0.25) is 11.7 Å². The maximum atomic E-state index is 9.16. The molecular formula is C12H11N3O2. The first kappa shape index (κ1) is 11.2. The molecule has 5 heteroatoms. The quantitative estimate of drug-likeness (QED) is 0.778. The Morgan fingerprint density at radius 3 is 2.76 bits per heavy atom. The van der Waals surface area contributed by atoms with Crippen LogP contribution in [0.15, 0.2) is 28.8 Å². The molecule has 0 aliphatic carbocycles. The molecule has 5 nitrogen and oxygen atoms in total. The van der Waals surface area contributed by atoms with Crippen LogP contribution in [-0.4, -0.2) is 15.2 Å². The molecule has 0 amide bonds. The van der Waals surface area contributed by atoms with Crippen molar-refractivity contribution in [1.29, 1.82) is 0 Å². The molecule has 0 saturated heterocycles. The minimum absolute atomic E-state index is 0.182. The maximum Gasteiger partial charge on any atom is 0.244 e. The van der Waals surface area contributed by atoms with Gasteiger partial charge in [-0.05, 0) is 24.3 Å². The summed E-state index contributed by atoms with van der Waals surface area (Å²) in [7, 11) is 0. The fourth-order valence-electron chi connectivity index (χ4n) is 1.33. The fourth-order valence-corrected chi connectivity index (χ4v) is 1.33. The van der Waals surface area contributed by atoms with E-state index in [2.05, 4.69) is 16.1 Å². The number of nitrogens with two attached hydrogens (primary N) is 1. The van der Waals surface area contributed by atoms with Gasteiger partial charge in [0.25, 0.3) is 0 Å². The van der Waals surface area contributed by atoms with Gasteiger partial charge in [-0.25, -0.2) is 0 Å². The van der Waals surface area contributed by atoms with Crippen LogP contribution in [-0.2, 0) is 0 Å². The number of rotatable bonds is 3. The molecule has 2 aromatic rings. The molecule has 1 aromatic heterocycles. The second kappa shape index (κ2) is 4.68. The highest BCUT2D eigenvalue weighted by atomic mass is 16.5. The van der Waals surface area contributed by atoms with Crippen molar-refractivity contribution in [2.45, 2.75) is 12.5 Å². The summed E-state index contributed by atoms with van der Waals surface area (Å²) in [6.07, 6.45) is 5.50. The lowest BCUT2D eigenvalue weighted by molar-refractivity contribution is 0.357. The Morgan fingerprint density at radius 1 is 1.41 bits per heavy atom. The summed E-state index contributed by atoms with van der Waals surface area (Å²) in [6, 6.07) is 6.03. The molecule has 0 spiro atoms. The molecule has 0 fully saturated rings. The zero-order chi connectivity index (χ0) is 12.3. The summed E-state index contributed by atoms with van der Waals surface area (Å²) in [5.41, 5.74) is 6.48. The first-order chi connectivity index (χ1) is 8.20. The van der Waals surface area contributed by atoms with Crippen molar-refractivity contribution in [1.82, 2.24) is 10.1 Å². The van der Waals surface area contributed by atoms with Crippen LogP contribution >= 0.6 is 0 Å². The average molecular weight is 229 g/mol. The van der Waals surface area contributed by atoms with Crippen LogP contribution in [0, 0.1) is 12.3 Å². The molecule has 0 aliphatic rings. The molecule has 1 heterocycles. The predicted octanol–water partition coefficient (Wildman–Crippen LogP) is 1.47. The van der Waals surface area contributed by atoms with Crippen molar-refractivity contribution >= 4 is 0 Å². The highest BCUT2D eigenvalue weighted by Gasteiger charge is 2.14. The molecule has 1 aromatic carbocycles. The van der Waals surface area contributed by atoms with Gasteiger partial charge in [-0.2, -0.15) is 4.98 Å². The molecule has 1 atom stereocenters. The average Bonchev–Trinajstić information content (AvgIpc) is 2.80. The number of phenolic OH excluding ortho intramolecular Hbond substituents is 1. The molecule has 0 radical (unpaired) electrons. The third kappa shape index (κ3) is 2.44. The van der Waals surface area contributed by atoms with Gasteiger partial charge in [-0.1, -0.05) is 5.16 Å². The molecule has 3 N–H and O–H groups in total. The highest BCUT2D eigenvalue weighted by Crippen LogP contribution is 2.21. The van der Waals surface area contributed by atoms with Gasteiger partial charge < -0.3 is 15.4 Å². The predicted molar refractivity (Wildman–Crippen MR) is 61.8 cm³/mol. The summed E-state index contributed by atoms with van der Waals surface area (Å²) in [5, 5.41) is 13.0. The van der Waals surface area contributed by atoms with E-state index in [0.717, 1.165) is 5.56 Å². The molecule has 1 unspecified atom stereocenters. The smallest absolute Gasteiger partial charge is 0.244 e. The van der Waals surface area contributed by atoms with E-state index in [0.29, 0.717) is 18.1 Å². The van der Waals surface area contributed by atoms with E-state index >= 15 is 0 Å². The topological polar surface area (TPSA) is 85.2 Å². The van der Waals surface area contributed by atoms with E-state index in [1.165, 1.54) is 0 Å². The van der Waals surface area contributed by atoms with E-state index in [-0.39, 0.29) is 5.75 Å². The van der Waals surface area contributed by atoms with Crippen molar-refractivity contribution in [3.63, 3.8) is 0 Å². The maximum absolute atomic E-state index is 9.16. The number of phenols is 1. The van der Waals surface area contributed by atoms with Crippen LogP contribution in [0.4, 0.5) is 0 Å². The van der Waals surface area contributed by atoms with E-state index < -0.39 is 6.04 Å². The Kier molecular flexibility index (Phi) is 3.08. The zero-order valence-electron chi connectivity index (χ0n) is 9.00. The van der Waals surface area contributed by atoms with Crippen molar-refractivity contribution in [2.75, 3.05) is 0 Å². The highest BCUT2D eigenvalue weighted by molar-refractivity contribution is 5.55. The lowest BCUT2D eigenvalue weighted by atomic mass is 10.2. The standard InChI is InChI=1S/C12H11N3O2/c1-2-3-10(13)12-14-11(15-17-12)8-4-6-9(16)7-5-8/h1,4-7,10,16H,3,13H2. The molecule has 0 bridgehead atoms. The first-order valence-electron chi connectivity index (χ1n) is 5.02. The van der Waals surface area contributed by atoms with Gasteiger partial charge in [0.05, 0.1) is 6.04 Å². The number of hydrogen-bond acceptors (Lipinski definition) is 5. The van der Waals surface area contributed by atoms with Crippen LogP contribution in [0.3, 0.4) is 0 Å². The molecule has 0 saturated carbocycles. The Bertz CT molecular complexity index is 540.